The molecule has 1 aliphatic rings. The third-order valence-electron chi connectivity index (χ3n) is 6.58. The number of aryl methyl sites for hydroxylation is 1. The first-order valence-corrected chi connectivity index (χ1v) is 12.3. The van der Waals surface area contributed by atoms with Gasteiger partial charge in [0.2, 0.25) is 0 Å². The van der Waals surface area contributed by atoms with Crippen molar-refractivity contribution in [1.29, 1.82) is 5.26 Å². The summed E-state index contributed by atoms with van der Waals surface area (Å²) < 4.78 is 6.09. The Morgan fingerprint density at radius 2 is 1.74 bits per heavy atom. The molecule has 2 aromatic carbocycles. The van der Waals surface area contributed by atoms with Crippen molar-refractivity contribution in [3.63, 3.8) is 0 Å². The van der Waals surface area contributed by atoms with Crippen LogP contribution in [-0.4, -0.2) is 6.10 Å². The quantitative estimate of drug-likeness (QED) is 0.345. The second-order valence-electron chi connectivity index (χ2n) is 9.15. The Morgan fingerprint density at radius 3 is 2.45 bits per heavy atom. The Labute approximate surface area is 189 Å². The number of ether oxygens (including phenoxy) is 1. The number of hydrogen-bond acceptors (Lipinski definition) is 2. The first kappa shape index (κ1) is 23.4. The first-order valence-electron chi connectivity index (χ1n) is 12.3. The maximum atomic E-state index is 9.65. The third kappa shape index (κ3) is 7.42. The number of hydrogen-bond donors (Lipinski definition) is 0. The van der Waals surface area contributed by atoms with Crippen LogP contribution in [0.2, 0.25) is 0 Å². The molecule has 0 amide bonds. The van der Waals surface area contributed by atoms with Crippen molar-refractivity contribution in [1.82, 2.24) is 0 Å². The minimum Gasteiger partial charge on any atom is -0.489 e. The Bertz CT molecular complexity index is 827. The standard InChI is InChI=1S/C29H38NO/c1-3-4-5-7-10-23(2)31-29-20-19-27(21-28(29)22-30)26-17-15-25(16-18-26)14-13-24-11-8-6-9-12-24/h6,15-21,23-24H,3-5,7-14H2,1-2H3/t23-/m0/s1. The summed E-state index contributed by atoms with van der Waals surface area (Å²) in [4.78, 5) is 0. The lowest BCUT2D eigenvalue weighted by Gasteiger charge is -2.21. The molecule has 0 aliphatic heterocycles. The van der Waals surface area contributed by atoms with Crippen LogP contribution in [0.15, 0.2) is 42.5 Å². The highest BCUT2D eigenvalue weighted by Crippen LogP contribution is 2.29. The van der Waals surface area contributed by atoms with Crippen LogP contribution in [0, 0.1) is 23.7 Å². The highest BCUT2D eigenvalue weighted by molar-refractivity contribution is 5.67. The number of benzene rings is 2. The normalized spacial score (nSPS) is 15.4. The van der Waals surface area contributed by atoms with E-state index in [1.165, 1.54) is 63.4 Å². The van der Waals surface area contributed by atoms with E-state index in [9.17, 15) is 5.26 Å². The molecule has 0 aromatic heterocycles. The Hall–Kier alpha value is -2.27. The maximum Gasteiger partial charge on any atom is 0.137 e. The smallest absolute Gasteiger partial charge is 0.137 e. The van der Waals surface area contributed by atoms with E-state index in [0.29, 0.717) is 11.3 Å². The topological polar surface area (TPSA) is 33.0 Å². The second-order valence-corrected chi connectivity index (χ2v) is 9.15. The van der Waals surface area contributed by atoms with Gasteiger partial charge in [0.05, 0.1) is 11.7 Å². The van der Waals surface area contributed by atoms with Gasteiger partial charge in [0, 0.05) is 0 Å². The molecule has 31 heavy (non-hydrogen) atoms. The minimum absolute atomic E-state index is 0.135. The molecule has 2 nitrogen and oxygen atoms in total. The van der Waals surface area contributed by atoms with Gasteiger partial charge in [-0.15, -0.1) is 0 Å². The molecule has 1 aliphatic carbocycles. The summed E-state index contributed by atoms with van der Waals surface area (Å²) in [7, 11) is 0. The molecule has 1 atom stereocenters. The van der Waals surface area contributed by atoms with Crippen LogP contribution in [0.5, 0.6) is 5.75 Å². The van der Waals surface area contributed by atoms with E-state index in [0.717, 1.165) is 29.9 Å². The van der Waals surface area contributed by atoms with E-state index in [4.69, 9.17) is 4.74 Å². The van der Waals surface area contributed by atoms with Crippen LogP contribution in [0.1, 0.15) is 89.2 Å². The molecule has 1 radical (unpaired) electrons. The fraction of sp³-hybridized carbons (Fsp3) is 0.517. The van der Waals surface area contributed by atoms with Gasteiger partial charge in [-0.2, -0.15) is 5.26 Å². The molecule has 0 heterocycles. The molecule has 0 saturated heterocycles. The van der Waals surface area contributed by atoms with Crippen LogP contribution < -0.4 is 4.74 Å². The van der Waals surface area contributed by atoms with E-state index in [2.05, 4.69) is 56.7 Å². The van der Waals surface area contributed by atoms with Gasteiger partial charge in [-0.1, -0.05) is 69.4 Å². The average molecular weight is 417 g/mol. The monoisotopic (exact) mass is 416 g/mol. The highest BCUT2D eigenvalue weighted by atomic mass is 16.5. The van der Waals surface area contributed by atoms with Gasteiger partial charge in [-0.3, -0.25) is 0 Å². The van der Waals surface area contributed by atoms with Crippen molar-refractivity contribution in [3.8, 4) is 22.9 Å². The summed E-state index contributed by atoms with van der Waals surface area (Å²) in [6.07, 6.45) is 16.3. The molecule has 0 unspecified atom stereocenters. The molecular formula is C29H38NO. The van der Waals surface area contributed by atoms with Crippen LogP contribution in [0.4, 0.5) is 0 Å². The highest BCUT2D eigenvalue weighted by Gasteiger charge is 2.14. The van der Waals surface area contributed by atoms with Gasteiger partial charge in [-0.05, 0) is 86.6 Å². The van der Waals surface area contributed by atoms with E-state index in [1.807, 2.05) is 12.1 Å². The van der Waals surface area contributed by atoms with E-state index in [1.54, 1.807) is 0 Å². The van der Waals surface area contributed by atoms with Crippen molar-refractivity contribution in [2.75, 3.05) is 0 Å². The number of nitriles is 1. The van der Waals surface area contributed by atoms with Crippen LogP contribution in [-0.2, 0) is 6.42 Å². The molecule has 3 rings (SSSR count). The number of rotatable bonds is 11. The zero-order valence-electron chi connectivity index (χ0n) is 19.4. The predicted molar refractivity (Wildman–Crippen MR) is 130 cm³/mol. The van der Waals surface area contributed by atoms with E-state index in [-0.39, 0.29) is 6.10 Å². The van der Waals surface area contributed by atoms with Gasteiger partial charge < -0.3 is 4.74 Å². The molecule has 1 saturated carbocycles. The van der Waals surface area contributed by atoms with E-state index >= 15 is 0 Å². The summed E-state index contributed by atoms with van der Waals surface area (Å²) in [5, 5.41) is 9.65. The number of nitrogens with zero attached hydrogens (tertiary/aromatic N) is 1. The Kier molecular flexibility index (Phi) is 9.47. The van der Waals surface area contributed by atoms with Gasteiger partial charge in [0.1, 0.15) is 11.8 Å². The van der Waals surface area contributed by atoms with Gasteiger partial charge >= 0.3 is 0 Å². The average Bonchev–Trinajstić information content (AvgIpc) is 2.82. The lowest BCUT2D eigenvalue weighted by atomic mass is 9.85. The molecule has 2 heteroatoms. The lowest BCUT2D eigenvalue weighted by molar-refractivity contribution is 0.206. The Morgan fingerprint density at radius 1 is 1.00 bits per heavy atom. The molecule has 0 spiro atoms. The van der Waals surface area contributed by atoms with Crippen LogP contribution in [0.25, 0.3) is 11.1 Å². The fourth-order valence-electron chi connectivity index (χ4n) is 4.55. The second kappa shape index (κ2) is 12.6. The summed E-state index contributed by atoms with van der Waals surface area (Å²) in [5.41, 5.74) is 4.27. The molecular weight excluding hydrogens is 378 g/mol. The van der Waals surface area contributed by atoms with Crippen molar-refractivity contribution >= 4 is 0 Å². The van der Waals surface area contributed by atoms with E-state index < -0.39 is 0 Å². The Balaban J connectivity index is 1.57. The van der Waals surface area contributed by atoms with Crippen molar-refractivity contribution in [3.05, 3.63) is 60.0 Å². The van der Waals surface area contributed by atoms with Crippen molar-refractivity contribution in [2.45, 2.75) is 90.6 Å². The van der Waals surface area contributed by atoms with Gasteiger partial charge in [-0.25, -0.2) is 0 Å². The summed E-state index contributed by atoms with van der Waals surface area (Å²) in [5.74, 6) is 1.60. The summed E-state index contributed by atoms with van der Waals surface area (Å²) >= 11 is 0. The minimum atomic E-state index is 0.135. The van der Waals surface area contributed by atoms with Crippen molar-refractivity contribution in [2.24, 2.45) is 5.92 Å². The summed E-state index contributed by atoms with van der Waals surface area (Å²) in [6, 6.07) is 17.2. The predicted octanol–water partition coefficient (Wildman–Crippen LogP) is 8.29. The fourth-order valence-corrected chi connectivity index (χ4v) is 4.55. The van der Waals surface area contributed by atoms with Crippen LogP contribution in [0.3, 0.4) is 0 Å². The zero-order valence-corrected chi connectivity index (χ0v) is 19.4. The van der Waals surface area contributed by atoms with Crippen molar-refractivity contribution < 1.29 is 4.74 Å². The molecule has 0 bridgehead atoms. The molecule has 165 valence electrons. The SMILES string of the molecule is CCCCCC[C@H](C)Oc1ccc(-c2ccc(CCC3CC[CH]CC3)cc2)cc1C#N. The third-order valence-corrected chi connectivity index (χ3v) is 6.58. The zero-order chi connectivity index (χ0) is 21.9. The number of unbranched alkanes of at least 4 members (excludes halogenated alkanes) is 3. The van der Waals surface area contributed by atoms with Crippen LogP contribution >= 0.6 is 0 Å². The molecule has 1 fully saturated rings. The first-order chi connectivity index (χ1) is 15.2. The largest absolute Gasteiger partial charge is 0.489 e. The maximum absolute atomic E-state index is 9.65. The molecule has 2 aromatic rings. The molecule has 0 N–H and O–H groups in total. The lowest BCUT2D eigenvalue weighted by Crippen LogP contribution is -2.12. The van der Waals surface area contributed by atoms with Gasteiger partial charge in [0.15, 0.2) is 0 Å². The summed E-state index contributed by atoms with van der Waals surface area (Å²) in [6.45, 7) is 4.33. The van der Waals surface area contributed by atoms with Gasteiger partial charge in [0.25, 0.3) is 0 Å².